The van der Waals surface area contributed by atoms with Crippen LogP contribution in [0.25, 0.3) is 0 Å². The van der Waals surface area contributed by atoms with E-state index < -0.39 is 0 Å². The Hall–Kier alpha value is -1.61. The van der Waals surface area contributed by atoms with Gasteiger partial charge in [0, 0.05) is 17.1 Å². The molecule has 0 saturated heterocycles. The van der Waals surface area contributed by atoms with Crippen LogP contribution in [0.5, 0.6) is 0 Å². The zero-order chi connectivity index (χ0) is 15.4. The van der Waals surface area contributed by atoms with E-state index in [1.165, 1.54) is 37.0 Å². The lowest BCUT2D eigenvalue weighted by molar-refractivity contribution is -0.120. The number of carbonyl (C=O) groups is 1. The lowest BCUT2D eigenvalue weighted by Gasteiger charge is -2.19. The lowest BCUT2D eigenvalue weighted by Crippen LogP contribution is -2.36. The molecule has 0 aliphatic heterocycles. The first-order valence-electron chi connectivity index (χ1n) is 8.19. The van der Waals surface area contributed by atoms with E-state index in [9.17, 15) is 4.79 Å². The van der Waals surface area contributed by atoms with E-state index in [4.69, 9.17) is 5.26 Å². The van der Waals surface area contributed by atoms with Gasteiger partial charge in [0.2, 0.25) is 5.91 Å². The summed E-state index contributed by atoms with van der Waals surface area (Å²) in [6.45, 7) is 0. The van der Waals surface area contributed by atoms with Crippen LogP contribution in [0.1, 0.15) is 62.2 Å². The van der Waals surface area contributed by atoms with Gasteiger partial charge in [0.25, 0.3) is 0 Å². The fraction of sp³-hybridized carbons (Fsp3) is 0.688. The van der Waals surface area contributed by atoms with Crippen molar-refractivity contribution < 1.29 is 4.79 Å². The van der Waals surface area contributed by atoms with Crippen LogP contribution in [-0.4, -0.2) is 16.9 Å². The van der Waals surface area contributed by atoms with Crippen molar-refractivity contribution in [3.8, 4) is 6.19 Å². The summed E-state index contributed by atoms with van der Waals surface area (Å²) >= 11 is 1.61. The molecule has 2 saturated carbocycles. The molecule has 3 rings (SSSR count). The van der Waals surface area contributed by atoms with Crippen molar-refractivity contribution in [2.75, 3.05) is 5.32 Å². The summed E-state index contributed by atoms with van der Waals surface area (Å²) in [5, 5.41) is 15.2. The third kappa shape index (κ3) is 3.41. The molecule has 2 aliphatic rings. The molecule has 0 spiro atoms. The Labute approximate surface area is 135 Å². The minimum absolute atomic E-state index is 0.00482. The molecule has 2 atom stereocenters. The molecule has 22 heavy (non-hydrogen) atoms. The van der Waals surface area contributed by atoms with Gasteiger partial charge in [-0.3, -0.25) is 4.79 Å². The predicted octanol–water partition coefficient (Wildman–Crippen LogP) is 3.37. The van der Waals surface area contributed by atoms with Gasteiger partial charge in [0.1, 0.15) is 0 Å². The average Bonchev–Trinajstić information content (AvgIpc) is 3.18. The third-order valence-corrected chi connectivity index (χ3v) is 5.94. The Morgan fingerprint density at radius 1 is 1.23 bits per heavy atom. The molecule has 2 fully saturated rings. The van der Waals surface area contributed by atoms with Crippen molar-refractivity contribution in [2.24, 2.45) is 5.92 Å². The fourth-order valence-corrected chi connectivity index (χ4v) is 4.64. The molecule has 6 heteroatoms. The molecule has 5 nitrogen and oxygen atoms in total. The van der Waals surface area contributed by atoms with Crippen molar-refractivity contribution in [3.63, 3.8) is 0 Å². The van der Waals surface area contributed by atoms with Gasteiger partial charge < -0.3 is 10.6 Å². The Morgan fingerprint density at radius 3 is 2.82 bits per heavy atom. The van der Waals surface area contributed by atoms with Crippen molar-refractivity contribution in [1.29, 1.82) is 5.26 Å². The standard InChI is InChI=1S/C16H22N4OS/c17-10-19-13-8-4-7-12(13)15(21)20-16-18-9-14(22-16)11-5-2-1-3-6-11/h9,11-13,19H,1-8H2,(H,18,20,21)/t12-,13+/m0/s1. The van der Waals surface area contributed by atoms with Crippen LogP contribution >= 0.6 is 11.3 Å². The maximum Gasteiger partial charge on any atom is 0.231 e. The molecule has 118 valence electrons. The van der Waals surface area contributed by atoms with Crippen molar-refractivity contribution >= 4 is 22.4 Å². The maximum atomic E-state index is 12.4. The molecule has 2 N–H and O–H groups in total. The highest BCUT2D eigenvalue weighted by Crippen LogP contribution is 2.37. The van der Waals surface area contributed by atoms with Gasteiger partial charge in [0.05, 0.1) is 5.92 Å². The number of hydrogen-bond donors (Lipinski definition) is 2. The Morgan fingerprint density at radius 2 is 2.05 bits per heavy atom. The minimum atomic E-state index is -0.123. The average molecular weight is 318 g/mol. The number of hydrogen-bond acceptors (Lipinski definition) is 5. The molecule has 2 aliphatic carbocycles. The molecule has 1 amide bonds. The smallest absolute Gasteiger partial charge is 0.231 e. The number of amides is 1. The molecule has 0 bridgehead atoms. The summed E-state index contributed by atoms with van der Waals surface area (Å²) in [7, 11) is 0. The van der Waals surface area contributed by atoms with Gasteiger partial charge in [-0.2, -0.15) is 5.26 Å². The summed E-state index contributed by atoms with van der Waals surface area (Å²) in [5.74, 6) is 0.493. The predicted molar refractivity (Wildman–Crippen MR) is 86.4 cm³/mol. The molecular formula is C16H22N4OS. The largest absolute Gasteiger partial charge is 0.320 e. The second-order valence-electron chi connectivity index (χ2n) is 6.29. The number of nitriles is 1. The highest BCUT2D eigenvalue weighted by atomic mass is 32.1. The number of aromatic nitrogens is 1. The molecule has 0 unspecified atom stereocenters. The zero-order valence-electron chi connectivity index (χ0n) is 12.7. The normalized spacial score (nSPS) is 25.6. The number of thiazole rings is 1. The highest BCUT2D eigenvalue weighted by molar-refractivity contribution is 7.15. The van der Waals surface area contributed by atoms with Crippen molar-refractivity contribution in [1.82, 2.24) is 10.3 Å². The van der Waals surface area contributed by atoms with Gasteiger partial charge in [0.15, 0.2) is 11.3 Å². The summed E-state index contributed by atoms with van der Waals surface area (Å²) in [6.07, 6.45) is 13.0. The summed E-state index contributed by atoms with van der Waals surface area (Å²) in [5.41, 5.74) is 0. The van der Waals surface area contributed by atoms with E-state index in [0.29, 0.717) is 11.0 Å². The molecule has 1 heterocycles. The van der Waals surface area contributed by atoms with Gasteiger partial charge in [-0.1, -0.05) is 25.7 Å². The number of rotatable bonds is 4. The molecule has 0 radical (unpaired) electrons. The van der Waals surface area contributed by atoms with E-state index >= 15 is 0 Å². The van der Waals surface area contributed by atoms with Crippen LogP contribution in [0.4, 0.5) is 5.13 Å². The van der Waals surface area contributed by atoms with Crippen LogP contribution in [0, 0.1) is 17.4 Å². The van der Waals surface area contributed by atoms with Crippen LogP contribution in [0.3, 0.4) is 0 Å². The fourth-order valence-electron chi connectivity index (χ4n) is 3.65. The van der Waals surface area contributed by atoms with E-state index in [1.54, 1.807) is 11.3 Å². The minimum Gasteiger partial charge on any atom is -0.320 e. The second-order valence-corrected chi connectivity index (χ2v) is 7.35. The van der Waals surface area contributed by atoms with Gasteiger partial charge in [-0.25, -0.2) is 4.98 Å². The Kier molecular flexibility index (Phi) is 4.94. The van der Waals surface area contributed by atoms with Crippen molar-refractivity contribution in [2.45, 2.75) is 63.3 Å². The highest BCUT2D eigenvalue weighted by Gasteiger charge is 2.33. The topological polar surface area (TPSA) is 77.8 Å². The SMILES string of the molecule is N#CN[C@@H]1CCC[C@@H]1C(=O)Nc1ncc(C2CCCCC2)s1. The van der Waals surface area contributed by atoms with Crippen molar-refractivity contribution in [3.05, 3.63) is 11.1 Å². The van der Waals surface area contributed by atoms with Crippen LogP contribution < -0.4 is 10.6 Å². The molecule has 1 aromatic rings. The van der Waals surface area contributed by atoms with Gasteiger partial charge >= 0.3 is 0 Å². The number of carbonyl (C=O) groups excluding carboxylic acids is 1. The third-order valence-electron chi connectivity index (χ3n) is 4.86. The summed E-state index contributed by atoms with van der Waals surface area (Å²) in [4.78, 5) is 18.1. The first-order valence-corrected chi connectivity index (χ1v) is 9.01. The second kappa shape index (κ2) is 7.10. The number of nitrogens with one attached hydrogen (secondary N) is 2. The molecular weight excluding hydrogens is 296 g/mol. The van der Waals surface area contributed by atoms with Crippen LogP contribution in [0.15, 0.2) is 6.20 Å². The number of anilines is 1. The van der Waals surface area contributed by atoms with Gasteiger partial charge in [-0.05, 0) is 31.6 Å². The van der Waals surface area contributed by atoms with E-state index in [1.807, 2.05) is 12.4 Å². The quantitative estimate of drug-likeness (QED) is 0.659. The van der Waals surface area contributed by atoms with E-state index in [2.05, 4.69) is 15.6 Å². The van der Waals surface area contributed by atoms with Gasteiger partial charge in [-0.15, -0.1) is 11.3 Å². The van der Waals surface area contributed by atoms with E-state index in [0.717, 1.165) is 19.3 Å². The molecule has 1 aromatic heterocycles. The monoisotopic (exact) mass is 318 g/mol. The zero-order valence-corrected chi connectivity index (χ0v) is 13.5. The number of nitrogens with zero attached hydrogens (tertiary/aromatic N) is 2. The van der Waals surface area contributed by atoms with Crippen LogP contribution in [-0.2, 0) is 4.79 Å². The maximum absolute atomic E-state index is 12.4. The Balaban J connectivity index is 1.60. The first kappa shape index (κ1) is 15.3. The first-order chi connectivity index (χ1) is 10.8. The molecule has 0 aromatic carbocycles. The van der Waals surface area contributed by atoms with E-state index in [-0.39, 0.29) is 17.9 Å². The summed E-state index contributed by atoms with van der Waals surface area (Å²) in [6, 6.07) is -0.0252. The lowest BCUT2D eigenvalue weighted by atomic mass is 9.89. The Bertz CT molecular complexity index is 559. The van der Waals surface area contributed by atoms with Crippen LogP contribution in [0.2, 0.25) is 0 Å². The summed E-state index contributed by atoms with van der Waals surface area (Å²) < 4.78 is 0.